The summed E-state index contributed by atoms with van der Waals surface area (Å²) >= 11 is 5.75. The maximum atomic E-state index is 11.6. The summed E-state index contributed by atoms with van der Waals surface area (Å²) in [6.07, 6.45) is 9.19. The van der Waals surface area contributed by atoms with Gasteiger partial charge in [-0.25, -0.2) is 15.0 Å². The molecule has 0 radical (unpaired) electrons. The van der Waals surface area contributed by atoms with Gasteiger partial charge in [-0.1, -0.05) is 42.7 Å². The number of nitrogens with zero attached hydrogens (tertiary/aromatic N) is 6. The monoisotopic (exact) mass is 579 g/mol. The molecule has 6 rings (SSSR count). The van der Waals surface area contributed by atoms with Gasteiger partial charge in [-0.2, -0.15) is 5.10 Å². The van der Waals surface area contributed by atoms with Gasteiger partial charge in [0.15, 0.2) is 11.0 Å². The van der Waals surface area contributed by atoms with Gasteiger partial charge in [0.1, 0.15) is 17.4 Å². The van der Waals surface area contributed by atoms with Crippen molar-refractivity contribution in [2.24, 2.45) is 5.92 Å². The second-order valence-electron chi connectivity index (χ2n) is 11.0. The summed E-state index contributed by atoms with van der Waals surface area (Å²) in [6.45, 7) is 7.72. The molecule has 210 valence electrons. The molecule has 4 aromatic rings. The molecule has 40 heavy (non-hydrogen) atoms. The smallest absolute Gasteiger partial charge is 0.166 e. The minimum atomic E-state index is -0.765. The van der Waals surface area contributed by atoms with Gasteiger partial charge < -0.3 is 19.5 Å². The molecule has 0 aliphatic carbocycles. The average molecular weight is 580 g/mol. The predicted octanol–water partition coefficient (Wildman–Crippen LogP) is 5.57. The fourth-order valence-corrected chi connectivity index (χ4v) is 6.74. The van der Waals surface area contributed by atoms with Gasteiger partial charge in [-0.3, -0.25) is 4.68 Å². The molecule has 3 aromatic heterocycles. The van der Waals surface area contributed by atoms with Crippen molar-refractivity contribution in [3.63, 3.8) is 0 Å². The molecule has 0 spiro atoms. The van der Waals surface area contributed by atoms with E-state index in [-0.39, 0.29) is 6.04 Å². The molecule has 1 unspecified atom stereocenters. The second kappa shape index (κ2) is 11.5. The molecule has 5 heterocycles. The Morgan fingerprint density at radius 2 is 1.93 bits per heavy atom. The highest BCUT2D eigenvalue weighted by Crippen LogP contribution is 2.37. The predicted molar refractivity (Wildman–Crippen MR) is 161 cm³/mol. The third-order valence-electron chi connectivity index (χ3n) is 7.71. The first-order valence-electron chi connectivity index (χ1n) is 13.8. The number of rotatable bonds is 8. The normalized spacial score (nSPS) is 17.4. The van der Waals surface area contributed by atoms with Gasteiger partial charge >= 0.3 is 0 Å². The van der Waals surface area contributed by atoms with E-state index in [9.17, 15) is 4.55 Å². The number of anilines is 3. The van der Waals surface area contributed by atoms with Gasteiger partial charge in [0, 0.05) is 61.9 Å². The van der Waals surface area contributed by atoms with Crippen LogP contribution in [0.2, 0.25) is 5.15 Å². The number of hydrogen-bond acceptors (Lipinski definition) is 8. The SMILES string of the molecule is CC(C)c1ccc(N2CC(C[S+](C)[O-])C2)c2cnc(Nc3ccnc(-c4cn(C5CCOCC5)nc4Cl)n3)cc12. The summed E-state index contributed by atoms with van der Waals surface area (Å²) in [5, 5.41) is 10.6. The van der Waals surface area contributed by atoms with Crippen LogP contribution in [0.15, 0.2) is 42.9 Å². The molecule has 2 saturated heterocycles. The number of ether oxygens (including phenoxy) is 1. The van der Waals surface area contributed by atoms with E-state index >= 15 is 0 Å². The third kappa shape index (κ3) is 5.63. The van der Waals surface area contributed by atoms with Crippen LogP contribution in [0.4, 0.5) is 17.3 Å². The molecular weight excluding hydrogens is 546 g/mol. The van der Waals surface area contributed by atoms with Gasteiger partial charge in [0.2, 0.25) is 0 Å². The highest BCUT2D eigenvalue weighted by atomic mass is 35.5. The molecule has 1 N–H and O–H groups in total. The van der Waals surface area contributed by atoms with E-state index in [1.54, 1.807) is 12.5 Å². The average Bonchev–Trinajstić information content (AvgIpc) is 3.32. The minimum Gasteiger partial charge on any atom is -0.617 e. The molecule has 0 saturated carbocycles. The fourth-order valence-electron chi connectivity index (χ4n) is 5.64. The molecular formula is C29H34ClN7O2S. The van der Waals surface area contributed by atoms with Crippen LogP contribution in [-0.4, -0.2) is 67.6 Å². The van der Waals surface area contributed by atoms with Crippen molar-refractivity contribution in [3.8, 4) is 11.4 Å². The van der Waals surface area contributed by atoms with Crippen LogP contribution in [0.25, 0.3) is 22.2 Å². The lowest BCUT2D eigenvalue weighted by Crippen LogP contribution is -2.49. The first-order valence-corrected chi connectivity index (χ1v) is 15.9. The summed E-state index contributed by atoms with van der Waals surface area (Å²) < 4.78 is 19.0. The van der Waals surface area contributed by atoms with E-state index in [1.807, 2.05) is 23.1 Å². The lowest BCUT2D eigenvalue weighted by Gasteiger charge is -2.41. The zero-order chi connectivity index (χ0) is 27.8. The molecule has 1 aromatic carbocycles. The summed E-state index contributed by atoms with van der Waals surface area (Å²) in [4.78, 5) is 16.3. The number of pyridine rings is 1. The first kappa shape index (κ1) is 27.3. The van der Waals surface area contributed by atoms with E-state index in [4.69, 9.17) is 26.3 Å². The lowest BCUT2D eigenvalue weighted by atomic mass is 9.93. The first-order chi connectivity index (χ1) is 19.4. The van der Waals surface area contributed by atoms with Crippen LogP contribution in [0.5, 0.6) is 0 Å². The molecule has 0 amide bonds. The molecule has 11 heteroatoms. The van der Waals surface area contributed by atoms with Gasteiger partial charge in [0.25, 0.3) is 0 Å². The van der Waals surface area contributed by atoms with Crippen molar-refractivity contribution in [1.82, 2.24) is 24.7 Å². The number of benzene rings is 1. The van der Waals surface area contributed by atoms with Crippen molar-refractivity contribution in [1.29, 1.82) is 0 Å². The van der Waals surface area contributed by atoms with Crippen molar-refractivity contribution < 1.29 is 9.29 Å². The van der Waals surface area contributed by atoms with E-state index in [1.165, 1.54) is 16.6 Å². The molecule has 2 aliphatic heterocycles. The molecule has 0 bridgehead atoms. The third-order valence-corrected chi connectivity index (χ3v) is 8.93. The maximum Gasteiger partial charge on any atom is 0.166 e. The zero-order valence-electron chi connectivity index (χ0n) is 23.0. The summed E-state index contributed by atoms with van der Waals surface area (Å²) in [5.74, 6) is 3.45. The highest BCUT2D eigenvalue weighted by Gasteiger charge is 2.31. The molecule has 2 fully saturated rings. The van der Waals surface area contributed by atoms with E-state index in [0.717, 1.165) is 50.3 Å². The maximum absolute atomic E-state index is 11.6. The number of nitrogens with one attached hydrogen (secondary N) is 1. The largest absolute Gasteiger partial charge is 0.617 e. The number of fused-ring (bicyclic) bond motifs is 1. The van der Waals surface area contributed by atoms with Gasteiger partial charge in [0.05, 0.1) is 17.9 Å². The Bertz CT molecular complexity index is 1500. The summed E-state index contributed by atoms with van der Waals surface area (Å²) in [7, 11) is 0. The van der Waals surface area contributed by atoms with Crippen molar-refractivity contribution in [2.75, 3.05) is 48.5 Å². The van der Waals surface area contributed by atoms with Crippen LogP contribution in [-0.2, 0) is 15.9 Å². The van der Waals surface area contributed by atoms with E-state index in [2.05, 4.69) is 52.3 Å². The standard InChI is InChI=1S/C29H34ClN7O2S/c1-18(2)21-4-5-25(36-14-19(15-36)17-40(3)38)23-13-32-27(12-22(21)23)33-26-6-9-31-29(34-26)24-16-37(35-28(24)30)20-7-10-39-11-8-20/h4-6,9,12-13,16,18-20H,7-8,10-11,14-15,17H2,1-3H3,(H,31,32,33,34). The highest BCUT2D eigenvalue weighted by molar-refractivity contribution is 7.90. The Morgan fingerprint density at radius 1 is 1.12 bits per heavy atom. The van der Waals surface area contributed by atoms with Crippen molar-refractivity contribution in [3.05, 3.63) is 53.6 Å². The second-order valence-corrected chi connectivity index (χ2v) is 12.8. The lowest BCUT2D eigenvalue weighted by molar-refractivity contribution is 0.0662. The minimum absolute atomic E-state index is 0.265. The summed E-state index contributed by atoms with van der Waals surface area (Å²) in [6, 6.07) is 8.61. The number of aromatic nitrogens is 5. The fraction of sp³-hybridized carbons (Fsp3) is 0.448. The quantitative estimate of drug-likeness (QED) is 0.270. The van der Waals surface area contributed by atoms with E-state index < -0.39 is 11.2 Å². The number of hydrogen-bond donors (Lipinski definition) is 1. The number of halogens is 1. The van der Waals surface area contributed by atoms with Gasteiger partial charge in [-0.15, -0.1) is 0 Å². The van der Waals surface area contributed by atoms with E-state index in [0.29, 0.717) is 40.0 Å². The van der Waals surface area contributed by atoms with Crippen molar-refractivity contribution in [2.45, 2.75) is 38.6 Å². The van der Waals surface area contributed by atoms with Crippen LogP contribution in [0, 0.1) is 5.92 Å². The van der Waals surface area contributed by atoms with Crippen LogP contribution < -0.4 is 10.2 Å². The van der Waals surface area contributed by atoms with Gasteiger partial charge in [-0.05, 0) is 47.9 Å². The Labute approximate surface area is 242 Å². The van der Waals surface area contributed by atoms with Crippen LogP contribution >= 0.6 is 11.6 Å². The summed E-state index contributed by atoms with van der Waals surface area (Å²) in [5.41, 5.74) is 3.15. The Hall–Kier alpha value is -2.92. The zero-order valence-corrected chi connectivity index (χ0v) is 24.6. The van der Waals surface area contributed by atoms with Crippen LogP contribution in [0.1, 0.15) is 44.2 Å². The Morgan fingerprint density at radius 3 is 2.67 bits per heavy atom. The molecule has 9 nitrogen and oxygen atoms in total. The molecule has 2 aliphatic rings. The Balaban J connectivity index is 1.26. The Kier molecular flexibility index (Phi) is 7.85. The van der Waals surface area contributed by atoms with Crippen molar-refractivity contribution >= 4 is 50.9 Å². The molecule has 1 atom stereocenters. The topological polar surface area (TPSA) is 104 Å². The van der Waals surface area contributed by atoms with Crippen LogP contribution in [0.3, 0.4) is 0 Å².